The molecule has 0 N–H and O–H groups in total. The molecule has 0 bridgehead atoms. The molecule has 0 spiro atoms. The van der Waals surface area contributed by atoms with Crippen molar-refractivity contribution in [1.82, 2.24) is 4.98 Å². The lowest BCUT2D eigenvalue weighted by Gasteiger charge is -2.09. The number of fused-ring (bicyclic) bond motifs is 1. The van der Waals surface area contributed by atoms with Crippen LogP contribution in [0.15, 0.2) is 35.4 Å². The van der Waals surface area contributed by atoms with Crippen LogP contribution in [0.25, 0.3) is 10.9 Å². The molecule has 1 aromatic carbocycles. The van der Waals surface area contributed by atoms with Crippen molar-refractivity contribution in [2.75, 3.05) is 5.75 Å². The third-order valence-corrected chi connectivity index (χ3v) is 4.81. The molecule has 0 atom stereocenters. The number of halogens is 3. The van der Waals surface area contributed by atoms with Crippen LogP contribution in [0, 0.1) is 0 Å². The Hall–Kier alpha value is -1.50. The summed E-state index contributed by atoms with van der Waals surface area (Å²) in [4.78, 5) is 15.2. The summed E-state index contributed by atoms with van der Waals surface area (Å²) in [6, 6.07) is 5.56. The minimum Gasteiger partial charge on any atom is -0.316 e. The number of thioether (sulfide) groups is 1. The molecule has 24 heavy (non-hydrogen) atoms. The van der Waals surface area contributed by atoms with Crippen LogP contribution in [0.1, 0.15) is 31.2 Å². The van der Waals surface area contributed by atoms with Crippen molar-refractivity contribution in [2.24, 2.45) is 0 Å². The normalized spacial score (nSPS) is 11.6. The number of hydrogen-bond acceptors (Lipinski definition) is 3. The standard InChI is InChI=1S/C17H18BF3NOS/c19-17(20,21)13-5-6-14-15(11-13)22-9-7-16(14)24-10-4-2-1-3-8-18-12-23/h5-7,9,11-12H,1-4,8,10H2. The summed E-state index contributed by atoms with van der Waals surface area (Å²) in [5, 5.41) is 0.760. The summed E-state index contributed by atoms with van der Waals surface area (Å²) in [6.07, 6.45) is 3.08. The molecule has 0 saturated heterocycles. The number of unbranched alkanes of at least 4 members (excludes halogenated alkanes) is 3. The molecule has 2 nitrogen and oxygen atoms in total. The van der Waals surface area contributed by atoms with Crippen molar-refractivity contribution >= 4 is 36.1 Å². The van der Waals surface area contributed by atoms with Crippen LogP contribution in [0.3, 0.4) is 0 Å². The number of benzene rings is 1. The molecule has 0 aliphatic rings. The molecule has 7 heteroatoms. The van der Waals surface area contributed by atoms with E-state index in [2.05, 4.69) is 4.98 Å². The summed E-state index contributed by atoms with van der Waals surface area (Å²) in [6.45, 7) is 0. The highest BCUT2D eigenvalue weighted by Crippen LogP contribution is 2.33. The molecular weight excluding hydrogens is 334 g/mol. The molecule has 0 unspecified atom stereocenters. The van der Waals surface area contributed by atoms with E-state index in [1.165, 1.54) is 6.07 Å². The Morgan fingerprint density at radius 1 is 1.12 bits per heavy atom. The van der Waals surface area contributed by atoms with Crippen LogP contribution in [0.5, 0.6) is 0 Å². The zero-order valence-corrected chi connectivity index (χ0v) is 14.0. The number of hydrogen-bond donors (Lipinski definition) is 0. The topological polar surface area (TPSA) is 30.0 Å². The number of aromatic nitrogens is 1. The van der Waals surface area contributed by atoms with Gasteiger partial charge in [-0.05, 0) is 30.4 Å². The Kier molecular flexibility index (Phi) is 7.15. The zero-order valence-electron chi connectivity index (χ0n) is 13.2. The van der Waals surface area contributed by atoms with Gasteiger partial charge in [0.05, 0.1) is 17.3 Å². The van der Waals surface area contributed by atoms with Crippen molar-refractivity contribution in [3.05, 3.63) is 36.0 Å². The monoisotopic (exact) mass is 352 g/mol. The first-order chi connectivity index (χ1) is 11.5. The molecule has 0 aliphatic carbocycles. The lowest BCUT2D eigenvalue weighted by atomic mass is 9.75. The minimum atomic E-state index is -4.35. The molecule has 0 fully saturated rings. The van der Waals surface area contributed by atoms with Gasteiger partial charge in [0.1, 0.15) is 0 Å². The number of alkyl halides is 3. The molecule has 0 saturated carbocycles. The van der Waals surface area contributed by atoms with Crippen LogP contribution in [0.4, 0.5) is 13.2 Å². The van der Waals surface area contributed by atoms with Gasteiger partial charge in [-0.15, -0.1) is 11.8 Å². The first-order valence-corrected chi connectivity index (χ1v) is 8.86. The highest BCUT2D eigenvalue weighted by molar-refractivity contribution is 7.99. The fourth-order valence-electron chi connectivity index (χ4n) is 2.39. The first kappa shape index (κ1) is 18.8. The first-order valence-electron chi connectivity index (χ1n) is 7.88. The Balaban J connectivity index is 1.89. The van der Waals surface area contributed by atoms with Crippen molar-refractivity contribution in [3.8, 4) is 0 Å². The second-order valence-electron chi connectivity index (χ2n) is 5.46. The van der Waals surface area contributed by atoms with E-state index >= 15 is 0 Å². The number of carbonyl (C=O) groups excluding carboxylic acids is 1. The second-order valence-corrected chi connectivity index (χ2v) is 6.60. The van der Waals surface area contributed by atoms with E-state index in [0.29, 0.717) is 5.52 Å². The van der Waals surface area contributed by atoms with Gasteiger partial charge >= 0.3 is 6.18 Å². The predicted molar refractivity (Wildman–Crippen MR) is 93.2 cm³/mol. The maximum Gasteiger partial charge on any atom is 0.416 e. The van der Waals surface area contributed by atoms with Gasteiger partial charge in [0.15, 0.2) is 7.28 Å². The summed E-state index contributed by atoms with van der Waals surface area (Å²) in [7, 11) is 1.63. The van der Waals surface area contributed by atoms with Crippen molar-refractivity contribution in [3.63, 3.8) is 0 Å². The molecule has 1 aromatic heterocycles. The Labute approximate surface area is 144 Å². The van der Waals surface area contributed by atoms with Crippen LogP contribution in [0.2, 0.25) is 6.32 Å². The number of pyridine rings is 1. The minimum absolute atomic E-state index is 0.374. The number of nitrogens with zero attached hydrogens (tertiary/aromatic N) is 1. The fourth-order valence-corrected chi connectivity index (χ4v) is 3.45. The molecule has 127 valence electrons. The number of carbonyl (C=O) groups is 1. The largest absolute Gasteiger partial charge is 0.416 e. The van der Waals surface area contributed by atoms with Crippen molar-refractivity contribution in [2.45, 2.75) is 43.1 Å². The van der Waals surface area contributed by atoms with Gasteiger partial charge in [-0.2, -0.15) is 13.2 Å². The molecule has 0 amide bonds. The Morgan fingerprint density at radius 2 is 1.92 bits per heavy atom. The quantitative estimate of drug-likeness (QED) is 0.268. The second kappa shape index (κ2) is 9.11. The average Bonchev–Trinajstić information content (AvgIpc) is 2.56. The number of rotatable bonds is 9. The van der Waals surface area contributed by atoms with Gasteiger partial charge in [-0.1, -0.05) is 31.6 Å². The van der Waals surface area contributed by atoms with Gasteiger partial charge in [-0.25, -0.2) is 0 Å². The molecule has 1 heterocycles. The van der Waals surface area contributed by atoms with E-state index < -0.39 is 11.7 Å². The van der Waals surface area contributed by atoms with Gasteiger partial charge in [0, 0.05) is 16.5 Å². The lowest BCUT2D eigenvalue weighted by Crippen LogP contribution is -2.04. The predicted octanol–water partition coefficient (Wildman–Crippen LogP) is 5.22. The van der Waals surface area contributed by atoms with E-state index in [0.717, 1.165) is 66.4 Å². The SMILES string of the molecule is O=C[B]CCCCCCSc1ccnc2cc(C(F)(F)F)ccc12. The van der Waals surface area contributed by atoms with E-state index in [-0.39, 0.29) is 0 Å². The average molecular weight is 352 g/mol. The van der Waals surface area contributed by atoms with E-state index in [1.807, 2.05) is 6.07 Å². The van der Waals surface area contributed by atoms with Gasteiger partial charge in [-0.3, -0.25) is 4.98 Å². The third kappa shape index (κ3) is 5.55. The fraction of sp³-hybridized carbons (Fsp3) is 0.412. The highest BCUT2D eigenvalue weighted by atomic mass is 32.2. The van der Waals surface area contributed by atoms with Gasteiger partial charge in [0.25, 0.3) is 0 Å². The smallest absolute Gasteiger partial charge is 0.316 e. The molecular formula is C17H18BF3NOS. The summed E-state index contributed by atoms with van der Waals surface area (Å²) < 4.78 is 38.3. The Bertz CT molecular complexity index is 678. The van der Waals surface area contributed by atoms with E-state index in [1.54, 1.807) is 25.2 Å². The van der Waals surface area contributed by atoms with Crippen molar-refractivity contribution in [1.29, 1.82) is 0 Å². The van der Waals surface area contributed by atoms with E-state index in [4.69, 9.17) is 0 Å². The molecule has 2 aromatic rings. The van der Waals surface area contributed by atoms with Crippen LogP contribution in [-0.2, 0) is 11.0 Å². The maximum atomic E-state index is 12.8. The van der Waals surface area contributed by atoms with Gasteiger partial charge < -0.3 is 4.79 Å². The summed E-state index contributed by atoms with van der Waals surface area (Å²) >= 11 is 1.65. The third-order valence-electron chi connectivity index (χ3n) is 3.65. The van der Waals surface area contributed by atoms with Crippen LogP contribution >= 0.6 is 11.8 Å². The molecule has 1 radical (unpaired) electrons. The molecule has 2 rings (SSSR count). The van der Waals surface area contributed by atoms with E-state index in [9.17, 15) is 18.0 Å². The maximum absolute atomic E-state index is 12.8. The summed E-state index contributed by atoms with van der Waals surface area (Å²) in [5.74, 6) is 0.914. The highest BCUT2D eigenvalue weighted by Gasteiger charge is 2.30. The van der Waals surface area contributed by atoms with Crippen LogP contribution < -0.4 is 0 Å². The summed E-state index contributed by atoms with van der Waals surface area (Å²) in [5.41, 5.74) is -0.295. The molecule has 0 aliphatic heterocycles. The van der Waals surface area contributed by atoms with Crippen molar-refractivity contribution < 1.29 is 18.0 Å². The lowest BCUT2D eigenvalue weighted by molar-refractivity contribution is -0.137. The van der Waals surface area contributed by atoms with Crippen LogP contribution in [-0.4, -0.2) is 24.2 Å². The Morgan fingerprint density at radius 3 is 2.67 bits per heavy atom. The zero-order chi connectivity index (χ0) is 17.4. The van der Waals surface area contributed by atoms with Gasteiger partial charge in [0.2, 0.25) is 0 Å².